The first-order valence-electron chi connectivity index (χ1n) is 17.4. The normalized spacial score (nSPS) is 42.7. The van der Waals surface area contributed by atoms with Gasteiger partial charge in [0.05, 0.1) is 43.7 Å². The van der Waals surface area contributed by atoms with E-state index in [-0.39, 0.29) is 44.8 Å². The number of methoxy groups -OCH3 is 1. The molecule has 3 aliphatic rings. The van der Waals surface area contributed by atoms with Gasteiger partial charge in [-0.2, -0.15) is 0 Å². The molecule has 0 aliphatic carbocycles. The van der Waals surface area contributed by atoms with E-state index in [0.717, 1.165) is 0 Å². The fourth-order valence-corrected chi connectivity index (χ4v) is 7.81. The standard InChI is InChI=1S/C36H60N2O11/c1-13-27-36(9,43)32-22(5)28(37-24(7)39)20(3)15-35(8,46-17-19(2)16-45-32)31(23(6)29(40)25(18-44-12)33(42)48-27)49-34-30(41)26(38(10)11)14-21(4)47-34/h20-23,25-27,30-32,34,41,43H,2,13-18H2,1,3-12H3/t20-,21-,22+,23+,25?,26+,27-,30-,31-,32+,34+,35-,36-/m1/s1. The third-order valence-electron chi connectivity index (χ3n) is 10.4. The molecule has 13 nitrogen and oxygen atoms in total. The minimum Gasteiger partial charge on any atom is -0.459 e. The lowest BCUT2D eigenvalue weighted by molar-refractivity contribution is -0.296. The van der Waals surface area contributed by atoms with Crippen LogP contribution < -0.4 is 0 Å². The zero-order chi connectivity index (χ0) is 37.0. The van der Waals surface area contributed by atoms with Crippen LogP contribution in [0.1, 0.15) is 74.7 Å². The van der Waals surface area contributed by atoms with Gasteiger partial charge in [-0.25, -0.2) is 4.99 Å². The van der Waals surface area contributed by atoms with Crippen LogP contribution in [-0.4, -0.2) is 134 Å². The second kappa shape index (κ2) is 16.9. The summed E-state index contributed by atoms with van der Waals surface area (Å²) in [5, 5.41) is 23.7. The van der Waals surface area contributed by atoms with Gasteiger partial charge in [-0.15, -0.1) is 0 Å². The first-order valence-corrected chi connectivity index (χ1v) is 17.4. The highest BCUT2D eigenvalue weighted by Gasteiger charge is 2.53. The fraction of sp³-hybridized carbons (Fsp3) is 0.833. The van der Waals surface area contributed by atoms with Gasteiger partial charge in [0.15, 0.2) is 12.1 Å². The molecule has 0 aromatic rings. The van der Waals surface area contributed by atoms with Crippen molar-refractivity contribution in [3.8, 4) is 0 Å². The van der Waals surface area contributed by atoms with Crippen molar-refractivity contribution < 1.29 is 53.0 Å². The Balaban J connectivity index is 2.33. The van der Waals surface area contributed by atoms with E-state index in [4.69, 9.17) is 28.4 Å². The van der Waals surface area contributed by atoms with Gasteiger partial charge in [0.2, 0.25) is 5.91 Å². The number of hydrogen-bond donors (Lipinski definition) is 2. The molecule has 13 atom stereocenters. The summed E-state index contributed by atoms with van der Waals surface area (Å²) in [6.45, 7) is 17.6. The summed E-state index contributed by atoms with van der Waals surface area (Å²) in [4.78, 5) is 47.3. The first-order chi connectivity index (χ1) is 22.8. The topological polar surface area (TPSA) is 163 Å². The van der Waals surface area contributed by atoms with Crippen molar-refractivity contribution in [2.45, 2.75) is 129 Å². The third-order valence-corrected chi connectivity index (χ3v) is 10.4. The number of aliphatic imine (C=N–C) groups is 1. The van der Waals surface area contributed by atoms with E-state index >= 15 is 0 Å². The number of ketones is 1. The summed E-state index contributed by atoms with van der Waals surface area (Å²) in [6, 6.07) is -0.294. The lowest BCUT2D eigenvalue weighted by atomic mass is 9.73. The molecule has 3 saturated heterocycles. The maximum Gasteiger partial charge on any atom is 0.319 e. The Labute approximate surface area is 291 Å². The number of likely N-dealkylation sites (N-methyl/N-ethyl adjacent to an activating group) is 1. The molecule has 3 aliphatic heterocycles. The number of amides is 1. The molecular formula is C36H60N2O11. The Morgan fingerprint density at radius 2 is 1.78 bits per heavy atom. The zero-order valence-electron chi connectivity index (χ0n) is 31.3. The number of rotatable bonds is 6. The Morgan fingerprint density at radius 3 is 2.35 bits per heavy atom. The summed E-state index contributed by atoms with van der Waals surface area (Å²) < 4.78 is 37.2. The van der Waals surface area contributed by atoms with E-state index in [2.05, 4.69) is 11.6 Å². The largest absolute Gasteiger partial charge is 0.459 e. The van der Waals surface area contributed by atoms with Gasteiger partial charge in [0, 0.05) is 37.6 Å². The van der Waals surface area contributed by atoms with E-state index in [1.165, 1.54) is 21.0 Å². The highest BCUT2D eigenvalue weighted by Crippen LogP contribution is 2.40. The Kier molecular flexibility index (Phi) is 14.3. The van der Waals surface area contributed by atoms with E-state index in [9.17, 15) is 24.6 Å². The number of hydrogen-bond acceptors (Lipinski definition) is 12. The van der Waals surface area contributed by atoms with Crippen LogP contribution in [0.3, 0.4) is 0 Å². The number of carbonyl (C=O) groups is 3. The van der Waals surface area contributed by atoms with Gasteiger partial charge in [0.1, 0.15) is 23.7 Å². The van der Waals surface area contributed by atoms with Crippen LogP contribution in [0.2, 0.25) is 0 Å². The number of Topliss-reactive ketones (excluding diaryl/α,β-unsaturated/α-hetero) is 1. The number of esters is 1. The minimum absolute atomic E-state index is 0.00532. The lowest BCUT2D eigenvalue weighted by Gasteiger charge is -2.47. The molecule has 3 rings (SSSR count). The second-order valence-electron chi connectivity index (χ2n) is 14.9. The van der Waals surface area contributed by atoms with Gasteiger partial charge in [-0.1, -0.05) is 34.3 Å². The van der Waals surface area contributed by atoms with Crippen LogP contribution in [0.25, 0.3) is 0 Å². The summed E-state index contributed by atoms with van der Waals surface area (Å²) in [5.41, 5.74) is -2.09. The number of aliphatic hydroxyl groups is 2. The minimum atomic E-state index is -1.78. The second-order valence-corrected chi connectivity index (χ2v) is 14.9. The van der Waals surface area contributed by atoms with Gasteiger partial charge < -0.3 is 43.5 Å². The maximum atomic E-state index is 14.5. The molecule has 0 spiro atoms. The maximum absolute atomic E-state index is 14.5. The molecule has 1 unspecified atom stereocenters. The highest BCUT2D eigenvalue weighted by atomic mass is 16.7. The van der Waals surface area contributed by atoms with Crippen molar-refractivity contribution in [2.24, 2.45) is 28.7 Å². The molecule has 1 amide bonds. The summed E-state index contributed by atoms with van der Waals surface area (Å²) >= 11 is 0. The van der Waals surface area contributed by atoms with Crippen molar-refractivity contribution in [1.29, 1.82) is 0 Å². The van der Waals surface area contributed by atoms with Gasteiger partial charge in [-0.3, -0.25) is 14.4 Å². The quantitative estimate of drug-likeness (QED) is 0.238. The van der Waals surface area contributed by atoms with E-state index in [1.54, 1.807) is 20.8 Å². The smallest absolute Gasteiger partial charge is 0.319 e. The van der Waals surface area contributed by atoms with Crippen molar-refractivity contribution in [3.05, 3.63) is 12.2 Å². The predicted octanol–water partition coefficient (Wildman–Crippen LogP) is 2.73. The van der Waals surface area contributed by atoms with Crippen molar-refractivity contribution in [2.75, 3.05) is 41.0 Å². The van der Waals surface area contributed by atoms with Gasteiger partial charge in [0.25, 0.3) is 0 Å². The molecule has 49 heavy (non-hydrogen) atoms. The number of aliphatic hydroxyl groups excluding tert-OH is 1. The number of cyclic esters (lactones) is 1. The number of fused-ring (bicyclic) bond motifs is 5. The molecule has 3 heterocycles. The third kappa shape index (κ3) is 9.42. The number of nitrogens with zero attached hydrogens (tertiary/aromatic N) is 2. The summed E-state index contributed by atoms with van der Waals surface area (Å²) in [6.07, 6.45) is -4.74. The monoisotopic (exact) mass is 696 g/mol. The molecule has 3 fully saturated rings. The first kappa shape index (κ1) is 41.3. The molecule has 2 bridgehead atoms. The molecule has 280 valence electrons. The predicted molar refractivity (Wildman–Crippen MR) is 182 cm³/mol. The van der Waals surface area contributed by atoms with Crippen LogP contribution in [0.15, 0.2) is 17.1 Å². The van der Waals surface area contributed by atoms with Crippen molar-refractivity contribution in [1.82, 2.24) is 4.90 Å². The van der Waals surface area contributed by atoms with Crippen LogP contribution in [0.5, 0.6) is 0 Å². The van der Waals surface area contributed by atoms with E-state index < -0.39 is 83.2 Å². The molecule has 0 aromatic heterocycles. The average molecular weight is 697 g/mol. The average Bonchev–Trinajstić information content (AvgIpc) is 3.03. The van der Waals surface area contributed by atoms with Crippen molar-refractivity contribution in [3.63, 3.8) is 0 Å². The molecule has 2 N–H and O–H groups in total. The number of ether oxygens (including phenoxy) is 6. The number of carbonyl (C=O) groups excluding carboxylic acids is 3. The zero-order valence-corrected chi connectivity index (χ0v) is 31.3. The van der Waals surface area contributed by atoms with Crippen LogP contribution in [0.4, 0.5) is 0 Å². The SMILES string of the molecule is C=C1CO[C@H]2[C@@H](C)C(=NC(C)=O)[C@H](C)C[C@@](C)(OC1)[C@H](O[C@@H]1O[C@H](C)C[C@H](N(C)C)[C@H]1O)[C@@H](C)C(=O)C(COC)C(=O)O[C@H](CC)[C@@]2(C)O. The molecule has 0 aromatic carbocycles. The van der Waals surface area contributed by atoms with Crippen molar-refractivity contribution >= 4 is 23.4 Å². The van der Waals surface area contributed by atoms with Gasteiger partial charge >= 0.3 is 5.97 Å². The Morgan fingerprint density at radius 1 is 1.12 bits per heavy atom. The van der Waals surface area contributed by atoms with Crippen LogP contribution in [-0.2, 0) is 42.8 Å². The molecular weight excluding hydrogens is 636 g/mol. The van der Waals surface area contributed by atoms with Gasteiger partial charge in [-0.05, 0) is 65.6 Å². The summed E-state index contributed by atoms with van der Waals surface area (Å²) in [7, 11) is 5.12. The Hall–Kier alpha value is -2.10. The fourth-order valence-electron chi connectivity index (χ4n) is 7.81. The van der Waals surface area contributed by atoms with Crippen LogP contribution >= 0.6 is 0 Å². The van der Waals surface area contributed by atoms with E-state index in [1.807, 2.05) is 39.8 Å². The lowest BCUT2D eigenvalue weighted by Crippen LogP contribution is -2.60. The highest BCUT2D eigenvalue weighted by molar-refractivity contribution is 6.01. The molecule has 0 saturated carbocycles. The summed E-state index contributed by atoms with van der Waals surface area (Å²) in [5.74, 6) is -5.31. The van der Waals surface area contributed by atoms with Crippen LogP contribution in [0, 0.1) is 23.7 Å². The van der Waals surface area contributed by atoms with E-state index in [0.29, 0.717) is 17.7 Å². The molecule has 0 radical (unpaired) electrons. The molecule has 13 heteroatoms. The Bertz CT molecular complexity index is 1220.